The first-order chi connectivity index (χ1) is 16.9. The van der Waals surface area contributed by atoms with E-state index in [1.165, 1.54) is 0 Å². The maximum Gasteiger partial charge on any atom is 0.328 e. The first-order valence-corrected chi connectivity index (χ1v) is 13.2. The van der Waals surface area contributed by atoms with Crippen LogP contribution in [0.4, 0.5) is 10.5 Å². The summed E-state index contributed by atoms with van der Waals surface area (Å²) in [5, 5.41) is 5.74. The molecule has 1 aromatic heterocycles. The van der Waals surface area contributed by atoms with Gasteiger partial charge < -0.3 is 39.2 Å². The van der Waals surface area contributed by atoms with Crippen LogP contribution in [0.5, 0.6) is 0 Å². The van der Waals surface area contributed by atoms with Gasteiger partial charge in [-0.3, -0.25) is 4.57 Å². The molecule has 4 N–H and O–H groups in total. The number of hydrogen-bond donors (Lipinski definition) is 4. The quantitative estimate of drug-likeness (QED) is 0.378. The third-order valence-corrected chi connectivity index (χ3v) is 7.21. The minimum absolute atomic E-state index is 0.221. The summed E-state index contributed by atoms with van der Waals surface area (Å²) in [6, 6.07) is 14.7. The summed E-state index contributed by atoms with van der Waals surface area (Å²) < 4.78 is 32.0. The van der Waals surface area contributed by atoms with E-state index in [4.69, 9.17) is 14.2 Å². The van der Waals surface area contributed by atoms with Crippen molar-refractivity contribution in [2.75, 3.05) is 11.5 Å². The van der Waals surface area contributed by atoms with Crippen LogP contribution in [0.1, 0.15) is 30.9 Å². The monoisotopic (exact) mass is 500 g/mol. The van der Waals surface area contributed by atoms with Gasteiger partial charge in [0.2, 0.25) is 0 Å². The van der Waals surface area contributed by atoms with E-state index in [9.17, 15) is 19.1 Å². The largest absolute Gasteiger partial charge is 0.348 e. The number of nitrogens with one attached hydrogen (secondary N) is 2. The fourth-order valence-corrected chi connectivity index (χ4v) is 5.40. The van der Waals surface area contributed by atoms with E-state index in [0.717, 1.165) is 18.4 Å². The van der Waals surface area contributed by atoms with Crippen LogP contribution < -0.4 is 10.6 Å². The Morgan fingerprint density at radius 1 is 1.06 bits per heavy atom. The Bertz CT molecular complexity index is 1290. The molecule has 2 aromatic carbocycles. The molecule has 184 valence electrons. The zero-order valence-electron chi connectivity index (χ0n) is 18.6. The molecule has 12 heteroatoms. The van der Waals surface area contributed by atoms with Crippen LogP contribution in [0, 0.1) is 0 Å². The molecular weight excluding hydrogens is 475 g/mol. The topological polar surface area (TPSA) is 144 Å². The lowest BCUT2D eigenvalue weighted by atomic mass is 10.1. The first kappa shape index (κ1) is 22.7. The number of benzene rings is 2. The standard InChI is InChI=1S/C23H25N4O7P/c28-23(25-14-9-10-14)26-15-7-4-8-16-18(15)24-12-27(16)21-20-19(17(32-21)11-35(29,30)31)33-22(34-20)13-5-2-1-3-6-13/h1-8,12,14,17,19-22H,9-11H2,(H2,25,26,28)(H2,29,30,31)/t17-,19?,20?,21-,22+/m1/s1. The molecule has 6 rings (SSSR count). The highest BCUT2D eigenvalue weighted by Crippen LogP contribution is 2.49. The maximum absolute atomic E-state index is 12.3. The number of urea groups is 1. The molecule has 2 saturated heterocycles. The molecule has 11 nitrogen and oxygen atoms in total. The van der Waals surface area contributed by atoms with Crippen molar-refractivity contribution in [3.8, 4) is 0 Å². The smallest absolute Gasteiger partial charge is 0.328 e. The molecule has 3 heterocycles. The van der Waals surface area contributed by atoms with Crippen LogP contribution in [0.25, 0.3) is 11.0 Å². The van der Waals surface area contributed by atoms with Crippen LogP contribution in [0.15, 0.2) is 54.9 Å². The number of ether oxygens (including phenoxy) is 3. The Morgan fingerprint density at radius 2 is 1.83 bits per heavy atom. The molecule has 1 saturated carbocycles. The zero-order chi connectivity index (χ0) is 24.2. The van der Waals surface area contributed by atoms with Crippen molar-refractivity contribution >= 4 is 30.3 Å². The highest BCUT2D eigenvalue weighted by molar-refractivity contribution is 7.51. The highest BCUT2D eigenvalue weighted by Gasteiger charge is 2.55. The number of nitrogens with zero attached hydrogens (tertiary/aromatic N) is 2. The van der Waals surface area contributed by atoms with Gasteiger partial charge in [-0.25, -0.2) is 9.78 Å². The number of carbonyl (C=O) groups excluding carboxylic acids is 1. The number of carbonyl (C=O) groups is 1. The normalized spacial score (nSPS) is 28.2. The average molecular weight is 500 g/mol. The van der Waals surface area contributed by atoms with Gasteiger partial charge in [0.25, 0.3) is 0 Å². The molecular formula is C23H25N4O7P. The molecule has 3 fully saturated rings. The highest BCUT2D eigenvalue weighted by atomic mass is 31.2. The van der Waals surface area contributed by atoms with Crippen molar-refractivity contribution in [1.82, 2.24) is 14.9 Å². The minimum atomic E-state index is -4.38. The summed E-state index contributed by atoms with van der Waals surface area (Å²) in [5.74, 6) is 0. The molecule has 5 atom stereocenters. The average Bonchev–Trinajstić information content (AvgIpc) is 3.23. The van der Waals surface area contributed by atoms with Gasteiger partial charge in [0.15, 0.2) is 12.5 Å². The van der Waals surface area contributed by atoms with Gasteiger partial charge in [-0.15, -0.1) is 0 Å². The van der Waals surface area contributed by atoms with Gasteiger partial charge in [-0.2, -0.15) is 0 Å². The molecule has 3 aromatic rings. The van der Waals surface area contributed by atoms with E-state index in [1.807, 2.05) is 36.4 Å². The van der Waals surface area contributed by atoms with E-state index in [-0.39, 0.29) is 12.1 Å². The summed E-state index contributed by atoms with van der Waals surface area (Å²) in [7, 11) is -4.38. The predicted octanol–water partition coefficient (Wildman–Crippen LogP) is 2.88. The summed E-state index contributed by atoms with van der Waals surface area (Å²) in [6.45, 7) is 0. The zero-order valence-corrected chi connectivity index (χ0v) is 19.5. The van der Waals surface area contributed by atoms with Crippen LogP contribution in [0.2, 0.25) is 0 Å². The van der Waals surface area contributed by atoms with E-state index in [1.54, 1.807) is 23.0 Å². The van der Waals surface area contributed by atoms with Gasteiger partial charge in [0, 0.05) is 11.6 Å². The summed E-state index contributed by atoms with van der Waals surface area (Å²) in [4.78, 5) is 36.0. The minimum Gasteiger partial charge on any atom is -0.348 e. The number of amides is 2. The van der Waals surface area contributed by atoms with Gasteiger partial charge in [-0.05, 0) is 25.0 Å². The first-order valence-electron chi connectivity index (χ1n) is 11.4. The van der Waals surface area contributed by atoms with Crippen molar-refractivity contribution in [3.05, 3.63) is 60.4 Å². The van der Waals surface area contributed by atoms with Crippen molar-refractivity contribution in [1.29, 1.82) is 0 Å². The van der Waals surface area contributed by atoms with Gasteiger partial charge in [0.05, 0.1) is 23.7 Å². The number of aromatic nitrogens is 2. The summed E-state index contributed by atoms with van der Waals surface area (Å²) in [6.07, 6.45) is -0.537. The molecule has 0 bridgehead atoms. The fraction of sp³-hybridized carbons (Fsp3) is 0.391. The summed E-state index contributed by atoms with van der Waals surface area (Å²) >= 11 is 0. The predicted molar refractivity (Wildman–Crippen MR) is 125 cm³/mol. The molecule has 0 spiro atoms. The maximum atomic E-state index is 12.3. The van der Waals surface area contributed by atoms with E-state index in [2.05, 4.69) is 15.6 Å². The lowest BCUT2D eigenvalue weighted by molar-refractivity contribution is -0.143. The second-order valence-electron chi connectivity index (χ2n) is 9.05. The van der Waals surface area contributed by atoms with Crippen LogP contribution in [-0.2, 0) is 18.8 Å². The Hall–Kier alpha value is -2.79. The van der Waals surface area contributed by atoms with Gasteiger partial charge >= 0.3 is 13.6 Å². The molecule has 0 radical (unpaired) electrons. The Balaban J connectivity index is 1.31. The molecule has 3 aliphatic rings. The molecule has 2 unspecified atom stereocenters. The van der Waals surface area contributed by atoms with Crippen molar-refractivity contribution in [3.63, 3.8) is 0 Å². The molecule has 35 heavy (non-hydrogen) atoms. The number of rotatable bonds is 6. The molecule has 2 amide bonds. The SMILES string of the molecule is O=C(Nc1cccc2c1ncn2[C@@H]1O[C@H](CP(=O)(O)O)C2O[C@H](c3ccccc3)OC21)NC1CC1. The number of anilines is 1. The number of imidazole rings is 1. The number of hydrogen-bond acceptors (Lipinski definition) is 6. The van der Waals surface area contributed by atoms with E-state index < -0.39 is 44.6 Å². The Morgan fingerprint density at radius 3 is 2.57 bits per heavy atom. The third kappa shape index (κ3) is 4.58. The van der Waals surface area contributed by atoms with Crippen LogP contribution >= 0.6 is 7.60 Å². The number of fused-ring (bicyclic) bond motifs is 2. The van der Waals surface area contributed by atoms with E-state index >= 15 is 0 Å². The lowest BCUT2D eigenvalue weighted by Gasteiger charge is -2.22. The number of para-hydroxylation sites is 1. The van der Waals surface area contributed by atoms with Crippen LogP contribution in [0.3, 0.4) is 0 Å². The fourth-order valence-electron chi connectivity index (χ4n) is 4.64. The van der Waals surface area contributed by atoms with Gasteiger partial charge in [0.1, 0.15) is 23.8 Å². The van der Waals surface area contributed by atoms with E-state index in [0.29, 0.717) is 16.7 Å². The lowest BCUT2D eigenvalue weighted by Crippen LogP contribution is -2.31. The molecule has 1 aliphatic carbocycles. The van der Waals surface area contributed by atoms with Crippen molar-refractivity contribution < 1.29 is 33.4 Å². The van der Waals surface area contributed by atoms with Crippen LogP contribution in [-0.4, -0.2) is 55.9 Å². The van der Waals surface area contributed by atoms with Crippen molar-refractivity contribution in [2.24, 2.45) is 0 Å². The van der Waals surface area contributed by atoms with Gasteiger partial charge in [-0.1, -0.05) is 36.4 Å². The third-order valence-electron chi connectivity index (χ3n) is 6.38. The second kappa shape index (κ2) is 8.70. The Kier molecular flexibility index (Phi) is 5.63. The Labute approximate surface area is 200 Å². The molecule has 2 aliphatic heterocycles. The van der Waals surface area contributed by atoms with Crippen molar-refractivity contribution in [2.45, 2.75) is 49.7 Å². The second-order valence-corrected chi connectivity index (χ2v) is 10.7. The summed E-state index contributed by atoms with van der Waals surface area (Å²) in [5.41, 5.74) is 2.60.